The number of ether oxygens (including phenoxy) is 1. The molecule has 0 radical (unpaired) electrons. The van der Waals surface area contributed by atoms with Crippen LogP contribution >= 0.6 is 0 Å². The van der Waals surface area contributed by atoms with Crippen LogP contribution in [0.4, 0.5) is 0 Å². The van der Waals surface area contributed by atoms with Crippen molar-refractivity contribution in [3.8, 4) is 16.9 Å². The van der Waals surface area contributed by atoms with Gasteiger partial charge in [-0.05, 0) is 23.8 Å². The first-order valence-corrected chi connectivity index (χ1v) is 6.67. The summed E-state index contributed by atoms with van der Waals surface area (Å²) in [5.74, 6) is 0.550. The lowest BCUT2D eigenvalue weighted by Gasteiger charge is -2.09. The van der Waals surface area contributed by atoms with Gasteiger partial charge in [0.25, 0.3) is 10.1 Å². The highest BCUT2D eigenvalue weighted by molar-refractivity contribution is 7.85. The average Bonchev–Trinajstić information content (AvgIpc) is 2.38. The van der Waals surface area contributed by atoms with Gasteiger partial charge in [0.2, 0.25) is 0 Å². The summed E-state index contributed by atoms with van der Waals surface area (Å²) < 4.78 is 36.5. The molecule has 18 heavy (non-hydrogen) atoms. The largest absolute Gasteiger partial charge is 0.496 e. The van der Waals surface area contributed by atoms with Crippen LogP contribution < -0.4 is 4.74 Å². The molecule has 0 aromatic heterocycles. The first kappa shape index (κ1) is 12.6. The Morgan fingerprint density at radius 2 is 1.72 bits per heavy atom. The summed E-state index contributed by atoms with van der Waals surface area (Å²) in [4.78, 5) is -0.151. The molecule has 1 N–H and O–H groups in total. The number of methoxy groups -OCH3 is 1. The Kier molecular flexibility index (Phi) is 3.36. The van der Waals surface area contributed by atoms with Crippen molar-refractivity contribution in [2.75, 3.05) is 7.11 Å². The second-order valence-electron chi connectivity index (χ2n) is 3.70. The molecule has 0 fully saturated rings. The molecular weight excluding hydrogens is 252 g/mol. The number of hydrogen-bond donors (Lipinski definition) is 1. The summed E-state index contributed by atoms with van der Waals surface area (Å²) in [5, 5.41) is 0. The normalized spacial score (nSPS) is 11.2. The molecule has 0 saturated heterocycles. The average molecular weight is 264 g/mol. The van der Waals surface area contributed by atoms with Crippen LogP contribution in [0.5, 0.6) is 5.75 Å². The van der Waals surface area contributed by atoms with E-state index in [2.05, 4.69) is 0 Å². The van der Waals surface area contributed by atoms with E-state index in [4.69, 9.17) is 9.29 Å². The molecule has 2 rings (SSSR count). The van der Waals surface area contributed by atoms with Crippen molar-refractivity contribution >= 4 is 10.1 Å². The smallest absolute Gasteiger partial charge is 0.294 e. The van der Waals surface area contributed by atoms with Gasteiger partial charge >= 0.3 is 0 Å². The van der Waals surface area contributed by atoms with E-state index in [0.29, 0.717) is 11.3 Å². The quantitative estimate of drug-likeness (QED) is 0.865. The van der Waals surface area contributed by atoms with Gasteiger partial charge in [-0.3, -0.25) is 4.55 Å². The molecular formula is C13H12O4S. The van der Waals surface area contributed by atoms with Crippen LogP contribution in [-0.4, -0.2) is 20.1 Å². The predicted molar refractivity (Wildman–Crippen MR) is 68.2 cm³/mol. The minimum Gasteiger partial charge on any atom is -0.496 e. The zero-order valence-electron chi connectivity index (χ0n) is 9.70. The van der Waals surface area contributed by atoms with Gasteiger partial charge in [0, 0.05) is 5.56 Å². The highest BCUT2D eigenvalue weighted by Gasteiger charge is 2.14. The molecule has 4 nitrogen and oxygen atoms in total. The molecule has 0 heterocycles. The van der Waals surface area contributed by atoms with Crippen molar-refractivity contribution in [1.29, 1.82) is 0 Å². The first-order chi connectivity index (χ1) is 8.52. The molecule has 0 aliphatic heterocycles. The Bertz CT molecular complexity index is 648. The lowest BCUT2D eigenvalue weighted by molar-refractivity contribution is 0.416. The number of benzene rings is 2. The van der Waals surface area contributed by atoms with Gasteiger partial charge in [0.1, 0.15) is 5.75 Å². The molecule has 2 aromatic carbocycles. The van der Waals surface area contributed by atoms with Crippen LogP contribution in [0.25, 0.3) is 11.1 Å². The molecule has 0 amide bonds. The van der Waals surface area contributed by atoms with Gasteiger partial charge in [-0.1, -0.05) is 30.3 Å². The fourth-order valence-electron chi connectivity index (χ4n) is 1.69. The van der Waals surface area contributed by atoms with Crippen molar-refractivity contribution in [1.82, 2.24) is 0 Å². The standard InChI is InChI=1S/C13H12O4S/c1-17-13-8-7-11(18(14,15)16)9-12(13)10-5-3-2-4-6-10/h2-9H,1H3,(H,14,15,16). The maximum absolute atomic E-state index is 11.1. The molecule has 2 aromatic rings. The van der Waals surface area contributed by atoms with Gasteiger partial charge in [-0.15, -0.1) is 0 Å². The Morgan fingerprint density at radius 1 is 1.06 bits per heavy atom. The minimum atomic E-state index is -4.21. The zero-order chi connectivity index (χ0) is 13.2. The topological polar surface area (TPSA) is 63.6 Å². The van der Waals surface area contributed by atoms with Crippen LogP contribution in [0.1, 0.15) is 0 Å². The Morgan fingerprint density at radius 3 is 2.28 bits per heavy atom. The van der Waals surface area contributed by atoms with Crippen molar-refractivity contribution in [2.45, 2.75) is 4.90 Å². The van der Waals surface area contributed by atoms with Gasteiger partial charge in [-0.25, -0.2) is 0 Å². The van der Waals surface area contributed by atoms with Crippen LogP contribution in [0.3, 0.4) is 0 Å². The summed E-state index contributed by atoms with van der Waals surface area (Å²) in [6.07, 6.45) is 0. The van der Waals surface area contributed by atoms with Gasteiger partial charge < -0.3 is 4.74 Å². The summed E-state index contributed by atoms with van der Waals surface area (Å²) in [7, 11) is -2.71. The van der Waals surface area contributed by atoms with E-state index >= 15 is 0 Å². The lowest BCUT2D eigenvalue weighted by atomic mass is 10.1. The molecule has 94 valence electrons. The molecule has 0 spiro atoms. The van der Waals surface area contributed by atoms with Crippen LogP contribution in [0, 0.1) is 0 Å². The Labute approximate surface area is 106 Å². The van der Waals surface area contributed by atoms with E-state index in [0.717, 1.165) is 5.56 Å². The predicted octanol–water partition coefficient (Wildman–Crippen LogP) is 2.61. The van der Waals surface area contributed by atoms with Crippen LogP contribution in [0.2, 0.25) is 0 Å². The van der Waals surface area contributed by atoms with E-state index < -0.39 is 10.1 Å². The molecule has 0 atom stereocenters. The fraction of sp³-hybridized carbons (Fsp3) is 0.0769. The van der Waals surface area contributed by atoms with E-state index in [1.807, 2.05) is 30.3 Å². The summed E-state index contributed by atoms with van der Waals surface area (Å²) in [6, 6.07) is 13.4. The van der Waals surface area contributed by atoms with Gasteiger partial charge in [0.15, 0.2) is 0 Å². The molecule has 0 aliphatic rings. The van der Waals surface area contributed by atoms with E-state index in [9.17, 15) is 8.42 Å². The van der Waals surface area contributed by atoms with Crippen molar-refractivity contribution < 1.29 is 17.7 Å². The number of hydrogen-bond acceptors (Lipinski definition) is 3. The molecule has 0 unspecified atom stereocenters. The second kappa shape index (κ2) is 4.80. The van der Waals surface area contributed by atoms with Gasteiger partial charge in [-0.2, -0.15) is 8.42 Å². The van der Waals surface area contributed by atoms with E-state index in [1.54, 1.807) is 0 Å². The third kappa shape index (κ3) is 2.52. The van der Waals surface area contributed by atoms with E-state index in [1.165, 1.54) is 25.3 Å². The maximum Gasteiger partial charge on any atom is 0.294 e. The Balaban J connectivity index is 2.64. The third-order valence-corrected chi connectivity index (χ3v) is 3.40. The lowest BCUT2D eigenvalue weighted by Crippen LogP contribution is -1.99. The van der Waals surface area contributed by atoms with Crippen LogP contribution in [0.15, 0.2) is 53.4 Å². The third-order valence-electron chi connectivity index (χ3n) is 2.55. The molecule has 0 aliphatic carbocycles. The second-order valence-corrected chi connectivity index (χ2v) is 5.12. The van der Waals surface area contributed by atoms with Crippen molar-refractivity contribution in [3.63, 3.8) is 0 Å². The fourth-order valence-corrected chi connectivity index (χ4v) is 2.20. The molecule has 5 heteroatoms. The van der Waals surface area contributed by atoms with Crippen molar-refractivity contribution in [2.24, 2.45) is 0 Å². The monoisotopic (exact) mass is 264 g/mol. The highest BCUT2D eigenvalue weighted by atomic mass is 32.2. The molecule has 0 bridgehead atoms. The summed E-state index contributed by atoms with van der Waals surface area (Å²) in [6.45, 7) is 0. The van der Waals surface area contributed by atoms with E-state index in [-0.39, 0.29) is 4.90 Å². The van der Waals surface area contributed by atoms with Crippen molar-refractivity contribution in [3.05, 3.63) is 48.5 Å². The maximum atomic E-state index is 11.1. The summed E-state index contributed by atoms with van der Waals surface area (Å²) >= 11 is 0. The van der Waals surface area contributed by atoms with Crippen LogP contribution in [-0.2, 0) is 10.1 Å². The number of rotatable bonds is 3. The molecule has 0 saturated carbocycles. The SMILES string of the molecule is COc1ccc(S(=O)(=O)O)cc1-c1ccccc1. The Hall–Kier alpha value is -1.85. The summed E-state index contributed by atoms with van der Waals surface area (Å²) in [5.41, 5.74) is 1.44. The minimum absolute atomic E-state index is 0.151. The van der Waals surface area contributed by atoms with Gasteiger partial charge in [0.05, 0.1) is 12.0 Å². The zero-order valence-corrected chi connectivity index (χ0v) is 10.5. The first-order valence-electron chi connectivity index (χ1n) is 5.23. The highest BCUT2D eigenvalue weighted by Crippen LogP contribution is 2.31.